The van der Waals surface area contributed by atoms with E-state index in [9.17, 15) is 8.42 Å². The van der Waals surface area contributed by atoms with Crippen molar-refractivity contribution in [1.82, 2.24) is 14.5 Å². The molecular weight excluding hydrogens is 342 g/mol. The van der Waals surface area contributed by atoms with Gasteiger partial charge in [0, 0.05) is 17.3 Å². The molecule has 3 aromatic rings. The Morgan fingerprint density at radius 2 is 1.96 bits per heavy atom. The molecule has 5 nitrogen and oxygen atoms in total. The molecule has 0 aliphatic rings. The average Bonchev–Trinajstić information content (AvgIpc) is 3.26. The Kier molecular flexibility index (Phi) is 5.13. The largest absolute Gasteiger partial charge is 0.271 e. The summed E-state index contributed by atoms with van der Waals surface area (Å²) in [5, 5.41) is 4.19. The van der Waals surface area contributed by atoms with Gasteiger partial charge in [-0.25, -0.2) is 13.1 Å². The Labute approximate surface area is 146 Å². The van der Waals surface area contributed by atoms with Crippen LogP contribution in [0.4, 0.5) is 0 Å². The van der Waals surface area contributed by atoms with Gasteiger partial charge in [0.25, 0.3) is 10.0 Å². The Balaban J connectivity index is 1.88. The first kappa shape index (κ1) is 16.9. The number of hydrogen-bond donors (Lipinski definition) is 1. The molecule has 0 saturated heterocycles. The first-order chi connectivity index (χ1) is 11.6. The van der Waals surface area contributed by atoms with Crippen molar-refractivity contribution in [3.05, 3.63) is 71.4 Å². The molecule has 0 fully saturated rings. The molecule has 2 aromatic heterocycles. The summed E-state index contributed by atoms with van der Waals surface area (Å²) < 4.78 is 30.4. The second-order valence-corrected chi connectivity index (χ2v) is 8.50. The molecule has 0 amide bonds. The number of hydrogen-bond acceptors (Lipinski definition) is 4. The highest BCUT2D eigenvalue weighted by Crippen LogP contribution is 2.24. The molecule has 2 heterocycles. The van der Waals surface area contributed by atoms with Gasteiger partial charge < -0.3 is 0 Å². The standard InChI is InChI=1S/C17H19N3O2S2/c1-2-15-9-10-17(23-15)24(21,22)19-16(13-20-12-6-11-18-20)14-7-4-3-5-8-14/h3-12,16,19H,2,13H2,1H3. The topological polar surface area (TPSA) is 64.0 Å². The fourth-order valence-corrected chi connectivity index (χ4v) is 4.96. The van der Waals surface area contributed by atoms with Crippen molar-refractivity contribution in [2.24, 2.45) is 0 Å². The molecule has 0 spiro atoms. The summed E-state index contributed by atoms with van der Waals surface area (Å²) in [6.45, 7) is 2.45. The van der Waals surface area contributed by atoms with Crippen LogP contribution in [0.25, 0.3) is 0 Å². The van der Waals surface area contributed by atoms with Crippen molar-refractivity contribution in [3.8, 4) is 0 Å². The van der Waals surface area contributed by atoms with Gasteiger partial charge in [-0.15, -0.1) is 11.3 Å². The number of aromatic nitrogens is 2. The van der Waals surface area contributed by atoms with E-state index in [1.165, 1.54) is 11.3 Å². The number of aryl methyl sites for hydroxylation is 1. The molecule has 0 aliphatic heterocycles. The summed E-state index contributed by atoms with van der Waals surface area (Å²) in [7, 11) is -3.57. The second kappa shape index (κ2) is 7.29. The molecule has 0 aliphatic carbocycles. The number of nitrogens with one attached hydrogen (secondary N) is 1. The maximum absolute atomic E-state index is 12.7. The lowest BCUT2D eigenvalue weighted by Crippen LogP contribution is -2.31. The lowest BCUT2D eigenvalue weighted by atomic mass is 10.1. The molecule has 126 valence electrons. The van der Waals surface area contributed by atoms with Gasteiger partial charge in [0.15, 0.2) is 0 Å². The van der Waals surface area contributed by atoms with Crippen molar-refractivity contribution in [3.63, 3.8) is 0 Å². The van der Waals surface area contributed by atoms with Crippen molar-refractivity contribution >= 4 is 21.4 Å². The van der Waals surface area contributed by atoms with Crippen LogP contribution in [0.1, 0.15) is 23.4 Å². The third-order valence-electron chi connectivity index (χ3n) is 3.68. The normalized spacial score (nSPS) is 13.0. The summed E-state index contributed by atoms with van der Waals surface area (Å²) in [6.07, 6.45) is 4.34. The molecule has 24 heavy (non-hydrogen) atoms. The predicted molar refractivity (Wildman–Crippen MR) is 95.4 cm³/mol. The summed E-state index contributed by atoms with van der Waals surface area (Å²) in [6, 6.07) is 14.5. The smallest absolute Gasteiger partial charge is 0.250 e. The van der Waals surface area contributed by atoms with Gasteiger partial charge in [-0.3, -0.25) is 4.68 Å². The van der Waals surface area contributed by atoms with E-state index >= 15 is 0 Å². The number of benzene rings is 1. The van der Waals surface area contributed by atoms with Crippen LogP contribution in [-0.4, -0.2) is 18.2 Å². The highest BCUT2D eigenvalue weighted by molar-refractivity contribution is 7.91. The molecule has 1 unspecified atom stereocenters. The summed E-state index contributed by atoms with van der Waals surface area (Å²) in [5.74, 6) is 0. The zero-order valence-corrected chi connectivity index (χ0v) is 14.9. The Morgan fingerprint density at radius 3 is 2.58 bits per heavy atom. The monoisotopic (exact) mass is 361 g/mol. The Hall–Kier alpha value is -1.96. The third kappa shape index (κ3) is 3.92. The van der Waals surface area contributed by atoms with E-state index in [2.05, 4.69) is 9.82 Å². The quantitative estimate of drug-likeness (QED) is 0.703. The van der Waals surface area contributed by atoms with E-state index in [1.807, 2.05) is 55.6 Å². The minimum Gasteiger partial charge on any atom is -0.271 e. The maximum atomic E-state index is 12.7. The lowest BCUT2D eigenvalue weighted by molar-refractivity contribution is 0.484. The first-order valence-corrected chi connectivity index (χ1v) is 10.0. The number of rotatable bonds is 7. The van der Waals surface area contributed by atoms with Crippen LogP contribution in [0.15, 0.2) is 65.1 Å². The Morgan fingerprint density at radius 1 is 1.17 bits per heavy atom. The summed E-state index contributed by atoms with van der Waals surface area (Å²) in [4.78, 5) is 1.05. The van der Waals surface area contributed by atoms with Crippen molar-refractivity contribution < 1.29 is 8.42 Å². The van der Waals surface area contributed by atoms with Crippen LogP contribution >= 0.6 is 11.3 Å². The molecule has 1 N–H and O–H groups in total. The summed E-state index contributed by atoms with van der Waals surface area (Å²) in [5.41, 5.74) is 0.906. The van der Waals surface area contributed by atoms with E-state index in [4.69, 9.17) is 0 Å². The fourth-order valence-electron chi connectivity index (χ4n) is 2.43. The molecular formula is C17H19N3O2S2. The van der Waals surface area contributed by atoms with Gasteiger partial charge in [-0.05, 0) is 30.2 Å². The van der Waals surface area contributed by atoms with Gasteiger partial charge >= 0.3 is 0 Å². The third-order valence-corrected chi connectivity index (χ3v) is 6.87. The van der Waals surface area contributed by atoms with Crippen LogP contribution < -0.4 is 4.72 Å². The highest BCUT2D eigenvalue weighted by Gasteiger charge is 2.23. The predicted octanol–water partition coefficient (Wildman–Crippen LogP) is 3.23. The minimum absolute atomic E-state index is 0.348. The summed E-state index contributed by atoms with van der Waals surface area (Å²) >= 11 is 1.31. The van der Waals surface area contributed by atoms with Gasteiger partial charge in [0.2, 0.25) is 0 Å². The van der Waals surface area contributed by atoms with Crippen LogP contribution in [0.2, 0.25) is 0 Å². The van der Waals surface area contributed by atoms with Crippen molar-refractivity contribution in [2.45, 2.75) is 30.1 Å². The number of nitrogens with zero attached hydrogens (tertiary/aromatic N) is 2. The molecule has 0 radical (unpaired) electrons. The van der Waals surface area contributed by atoms with Crippen molar-refractivity contribution in [1.29, 1.82) is 0 Å². The zero-order chi connectivity index (χ0) is 17.0. The molecule has 3 rings (SSSR count). The van der Waals surface area contributed by atoms with E-state index in [0.717, 1.165) is 16.9 Å². The van der Waals surface area contributed by atoms with Crippen molar-refractivity contribution in [2.75, 3.05) is 0 Å². The van der Waals surface area contributed by atoms with E-state index in [0.29, 0.717) is 10.8 Å². The van der Waals surface area contributed by atoms with E-state index < -0.39 is 10.0 Å². The lowest BCUT2D eigenvalue weighted by Gasteiger charge is -2.19. The van der Waals surface area contributed by atoms with E-state index in [1.54, 1.807) is 16.9 Å². The van der Waals surface area contributed by atoms with Crippen LogP contribution in [-0.2, 0) is 23.0 Å². The number of sulfonamides is 1. The molecule has 0 saturated carbocycles. The highest BCUT2D eigenvalue weighted by atomic mass is 32.2. The molecule has 7 heteroatoms. The van der Waals surface area contributed by atoms with Gasteiger partial charge in [0.05, 0.1) is 12.6 Å². The van der Waals surface area contributed by atoms with Gasteiger partial charge in [-0.1, -0.05) is 37.3 Å². The number of thiophene rings is 1. The van der Waals surface area contributed by atoms with Crippen LogP contribution in [0, 0.1) is 0 Å². The molecule has 1 atom stereocenters. The Bertz CT molecular complexity index is 872. The van der Waals surface area contributed by atoms with Gasteiger partial charge in [0.1, 0.15) is 4.21 Å². The second-order valence-electron chi connectivity index (χ2n) is 5.39. The maximum Gasteiger partial charge on any atom is 0.250 e. The van der Waals surface area contributed by atoms with Crippen LogP contribution in [0.3, 0.4) is 0 Å². The molecule has 0 bridgehead atoms. The van der Waals surface area contributed by atoms with Gasteiger partial charge in [-0.2, -0.15) is 5.10 Å². The average molecular weight is 361 g/mol. The SMILES string of the molecule is CCc1ccc(S(=O)(=O)NC(Cn2cccn2)c2ccccc2)s1. The van der Waals surface area contributed by atoms with E-state index in [-0.39, 0.29) is 6.04 Å². The first-order valence-electron chi connectivity index (χ1n) is 7.72. The van der Waals surface area contributed by atoms with Crippen LogP contribution in [0.5, 0.6) is 0 Å². The fraction of sp³-hybridized carbons (Fsp3) is 0.235. The zero-order valence-electron chi connectivity index (χ0n) is 13.3. The molecule has 1 aromatic carbocycles. The minimum atomic E-state index is -3.57.